The number of fused-ring (bicyclic) bond motifs is 1. The largest absolute Gasteiger partial charge is 0.419 e. The third kappa shape index (κ3) is 2.47. The Balaban J connectivity index is 2.03. The summed E-state index contributed by atoms with van der Waals surface area (Å²) in [6, 6.07) is 4.48. The standard InChI is InChI=1S/C14H18N2O5S/c1-9-7-16(8-10(2)20-9)22(18,19)11-4-5-12-13(6-11)21-14(17)15(12)3/h4-6,9-10H,7-8H2,1-3H3/t9-,10-/m1/s1. The Hall–Kier alpha value is -1.64. The van der Waals surface area contributed by atoms with E-state index in [0.717, 1.165) is 0 Å². The first-order valence-electron chi connectivity index (χ1n) is 7.04. The maximum atomic E-state index is 12.8. The number of rotatable bonds is 2. The van der Waals surface area contributed by atoms with Crippen molar-refractivity contribution in [3.8, 4) is 0 Å². The minimum Gasteiger partial charge on any atom is -0.408 e. The Morgan fingerprint density at radius 2 is 1.82 bits per heavy atom. The van der Waals surface area contributed by atoms with E-state index in [1.165, 1.54) is 21.0 Å². The molecule has 0 aliphatic carbocycles. The summed E-state index contributed by atoms with van der Waals surface area (Å²) in [4.78, 5) is 11.6. The maximum absolute atomic E-state index is 12.8. The van der Waals surface area contributed by atoms with Crippen molar-refractivity contribution in [2.75, 3.05) is 13.1 Å². The summed E-state index contributed by atoms with van der Waals surface area (Å²) in [6.07, 6.45) is -0.311. The molecule has 0 saturated carbocycles. The first-order valence-corrected chi connectivity index (χ1v) is 8.48. The first kappa shape index (κ1) is 15.3. The average molecular weight is 326 g/mol. The van der Waals surface area contributed by atoms with Crippen LogP contribution in [0.25, 0.3) is 11.1 Å². The molecule has 1 saturated heterocycles. The van der Waals surface area contributed by atoms with E-state index in [9.17, 15) is 13.2 Å². The Kier molecular flexibility index (Phi) is 3.62. The molecule has 2 heterocycles. The van der Waals surface area contributed by atoms with Gasteiger partial charge in [-0.15, -0.1) is 0 Å². The molecule has 22 heavy (non-hydrogen) atoms. The average Bonchev–Trinajstić information content (AvgIpc) is 2.72. The Bertz CT molecular complexity index is 857. The zero-order chi connectivity index (χ0) is 16.1. The molecule has 2 aromatic rings. The molecule has 7 nitrogen and oxygen atoms in total. The predicted molar refractivity (Wildman–Crippen MR) is 80.2 cm³/mol. The van der Waals surface area contributed by atoms with Crippen LogP contribution in [0.4, 0.5) is 0 Å². The van der Waals surface area contributed by atoms with Crippen LogP contribution in [0.1, 0.15) is 13.8 Å². The summed E-state index contributed by atoms with van der Waals surface area (Å²) in [5, 5.41) is 0. The molecule has 1 aromatic carbocycles. The van der Waals surface area contributed by atoms with E-state index in [-0.39, 0.29) is 22.7 Å². The molecule has 0 N–H and O–H groups in total. The molecule has 8 heteroatoms. The molecule has 0 amide bonds. The number of hydrogen-bond donors (Lipinski definition) is 0. The minimum atomic E-state index is -3.64. The van der Waals surface area contributed by atoms with Crippen molar-refractivity contribution in [3.05, 3.63) is 28.7 Å². The smallest absolute Gasteiger partial charge is 0.408 e. The van der Waals surface area contributed by atoms with E-state index in [0.29, 0.717) is 18.6 Å². The molecule has 120 valence electrons. The highest BCUT2D eigenvalue weighted by Gasteiger charge is 2.32. The van der Waals surface area contributed by atoms with Gasteiger partial charge < -0.3 is 9.15 Å². The molecule has 0 unspecified atom stereocenters. The first-order chi connectivity index (χ1) is 10.3. The number of hydrogen-bond acceptors (Lipinski definition) is 5. The molecule has 1 fully saturated rings. The van der Waals surface area contributed by atoms with Gasteiger partial charge in [0.05, 0.1) is 22.6 Å². The predicted octanol–water partition coefficient (Wildman–Crippen LogP) is 0.929. The molecule has 0 bridgehead atoms. The highest BCUT2D eigenvalue weighted by atomic mass is 32.2. The second-order valence-corrected chi connectivity index (χ2v) is 7.57. The van der Waals surface area contributed by atoms with Crippen LogP contribution in [0.2, 0.25) is 0 Å². The summed E-state index contributed by atoms with van der Waals surface area (Å²) in [5.74, 6) is -0.516. The molecular weight excluding hydrogens is 308 g/mol. The number of oxazole rings is 1. The van der Waals surface area contributed by atoms with Crippen molar-refractivity contribution in [1.29, 1.82) is 0 Å². The number of nitrogens with zero attached hydrogens (tertiary/aromatic N) is 2. The maximum Gasteiger partial charge on any atom is 0.419 e. The van der Waals surface area contributed by atoms with Crippen LogP contribution in [-0.2, 0) is 21.8 Å². The van der Waals surface area contributed by atoms with Crippen molar-refractivity contribution >= 4 is 21.1 Å². The van der Waals surface area contributed by atoms with Crippen LogP contribution in [0.15, 0.2) is 32.3 Å². The van der Waals surface area contributed by atoms with Crippen molar-refractivity contribution in [3.63, 3.8) is 0 Å². The normalized spacial score (nSPS) is 24.0. The molecular formula is C14H18N2O5S. The zero-order valence-electron chi connectivity index (χ0n) is 12.6. The van der Waals surface area contributed by atoms with Gasteiger partial charge in [0.25, 0.3) is 0 Å². The number of morpholine rings is 1. The van der Waals surface area contributed by atoms with Crippen LogP contribution in [0.3, 0.4) is 0 Å². The number of benzene rings is 1. The van der Waals surface area contributed by atoms with Crippen molar-refractivity contribution in [2.24, 2.45) is 7.05 Å². The minimum absolute atomic E-state index is 0.121. The summed E-state index contributed by atoms with van der Waals surface area (Å²) in [6.45, 7) is 4.31. The fourth-order valence-electron chi connectivity index (χ4n) is 2.75. The summed E-state index contributed by atoms with van der Waals surface area (Å²) in [5.41, 5.74) is 0.829. The van der Waals surface area contributed by atoms with Gasteiger partial charge in [0.2, 0.25) is 10.0 Å². The summed E-state index contributed by atoms with van der Waals surface area (Å²) >= 11 is 0. The van der Waals surface area contributed by atoms with Crippen molar-refractivity contribution in [2.45, 2.75) is 31.0 Å². The van der Waals surface area contributed by atoms with Gasteiger partial charge in [0.15, 0.2) is 5.58 Å². The molecule has 0 spiro atoms. The van der Waals surface area contributed by atoms with E-state index in [2.05, 4.69) is 0 Å². The van der Waals surface area contributed by atoms with Gasteiger partial charge in [-0.25, -0.2) is 13.2 Å². The molecule has 1 aliphatic rings. The van der Waals surface area contributed by atoms with E-state index >= 15 is 0 Å². The van der Waals surface area contributed by atoms with Crippen molar-refractivity contribution < 1.29 is 17.6 Å². The fraction of sp³-hybridized carbons (Fsp3) is 0.500. The number of aryl methyl sites for hydroxylation is 1. The zero-order valence-corrected chi connectivity index (χ0v) is 13.5. The van der Waals surface area contributed by atoms with Gasteiger partial charge >= 0.3 is 5.76 Å². The van der Waals surface area contributed by atoms with E-state index in [1.54, 1.807) is 13.1 Å². The number of aromatic nitrogens is 1. The van der Waals surface area contributed by atoms with Gasteiger partial charge in [-0.3, -0.25) is 4.57 Å². The van der Waals surface area contributed by atoms with E-state index in [4.69, 9.17) is 9.15 Å². The Labute approximate surface area is 128 Å². The lowest BCUT2D eigenvalue weighted by Gasteiger charge is -2.34. The van der Waals surface area contributed by atoms with Crippen LogP contribution in [0, 0.1) is 0 Å². The highest BCUT2D eigenvalue weighted by Crippen LogP contribution is 2.24. The van der Waals surface area contributed by atoms with Gasteiger partial charge in [0.1, 0.15) is 0 Å². The second kappa shape index (κ2) is 5.22. The Morgan fingerprint density at radius 3 is 2.45 bits per heavy atom. The van der Waals surface area contributed by atoms with Crippen LogP contribution in [0.5, 0.6) is 0 Å². The highest BCUT2D eigenvalue weighted by molar-refractivity contribution is 7.89. The fourth-order valence-corrected chi connectivity index (χ4v) is 4.36. The number of ether oxygens (including phenoxy) is 1. The van der Waals surface area contributed by atoms with Gasteiger partial charge in [0, 0.05) is 26.2 Å². The summed E-state index contributed by atoms with van der Waals surface area (Å²) < 4.78 is 38.9. The second-order valence-electron chi connectivity index (χ2n) is 5.64. The SMILES string of the molecule is C[C@@H]1CN(S(=O)(=O)c2ccc3c(c2)oc(=O)n3C)C[C@@H](C)O1. The lowest BCUT2D eigenvalue weighted by atomic mass is 10.3. The van der Waals surface area contributed by atoms with E-state index in [1.807, 2.05) is 13.8 Å². The van der Waals surface area contributed by atoms with Crippen LogP contribution < -0.4 is 5.76 Å². The molecule has 0 radical (unpaired) electrons. The van der Waals surface area contributed by atoms with Gasteiger partial charge in [-0.1, -0.05) is 0 Å². The lowest BCUT2D eigenvalue weighted by Crippen LogP contribution is -2.48. The van der Waals surface area contributed by atoms with E-state index < -0.39 is 15.8 Å². The van der Waals surface area contributed by atoms with Crippen LogP contribution >= 0.6 is 0 Å². The van der Waals surface area contributed by atoms with Crippen LogP contribution in [-0.4, -0.2) is 42.6 Å². The topological polar surface area (TPSA) is 81.8 Å². The van der Waals surface area contributed by atoms with Crippen molar-refractivity contribution in [1.82, 2.24) is 8.87 Å². The number of sulfonamides is 1. The van der Waals surface area contributed by atoms with Gasteiger partial charge in [-0.05, 0) is 26.0 Å². The molecule has 3 rings (SSSR count). The summed E-state index contributed by atoms with van der Waals surface area (Å²) in [7, 11) is -2.06. The molecule has 1 aliphatic heterocycles. The third-order valence-corrected chi connectivity index (χ3v) is 5.62. The lowest BCUT2D eigenvalue weighted by molar-refractivity contribution is -0.0440. The molecule has 2 atom stereocenters. The van der Waals surface area contributed by atoms with Gasteiger partial charge in [-0.2, -0.15) is 4.31 Å². The quantitative estimate of drug-likeness (QED) is 0.820. The monoisotopic (exact) mass is 326 g/mol. The molecule has 1 aromatic heterocycles. The third-order valence-electron chi connectivity index (χ3n) is 3.79. The Morgan fingerprint density at radius 1 is 1.18 bits per heavy atom.